The normalized spacial score (nSPS) is 10.8. The summed E-state index contributed by atoms with van der Waals surface area (Å²) in [6.07, 6.45) is 3.54. The molecular formula is C13H11N3O. The van der Waals surface area contributed by atoms with E-state index in [4.69, 9.17) is 0 Å². The quantitative estimate of drug-likeness (QED) is 0.727. The molecule has 17 heavy (non-hydrogen) atoms. The van der Waals surface area contributed by atoms with Gasteiger partial charge in [0.2, 0.25) is 0 Å². The Morgan fingerprint density at radius 1 is 1.06 bits per heavy atom. The van der Waals surface area contributed by atoms with Crippen molar-refractivity contribution in [3.63, 3.8) is 0 Å². The van der Waals surface area contributed by atoms with Crippen molar-refractivity contribution in [2.45, 2.75) is 6.54 Å². The van der Waals surface area contributed by atoms with Gasteiger partial charge in [-0.2, -0.15) is 0 Å². The van der Waals surface area contributed by atoms with Crippen LogP contribution in [0.5, 0.6) is 5.75 Å². The smallest absolute Gasteiger partial charge is 0.160 e. The maximum Gasteiger partial charge on any atom is 0.160 e. The molecule has 4 nitrogen and oxygen atoms in total. The van der Waals surface area contributed by atoms with Gasteiger partial charge >= 0.3 is 0 Å². The topological polar surface area (TPSA) is 50.9 Å². The van der Waals surface area contributed by atoms with E-state index in [1.54, 1.807) is 24.7 Å². The molecular weight excluding hydrogens is 214 g/mol. The van der Waals surface area contributed by atoms with Gasteiger partial charge in [-0.25, -0.2) is 9.97 Å². The SMILES string of the molecule is Oc1ccc(Cn2cnc3cccnc32)cc1. The van der Waals surface area contributed by atoms with Crippen molar-refractivity contribution in [1.29, 1.82) is 0 Å². The first-order valence-corrected chi connectivity index (χ1v) is 5.37. The van der Waals surface area contributed by atoms with Crippen LogP contribution in [-0.4, -0.2) is 19.6 Å². The molecule has 0 aliphatic rings. The number of nitrogens with zero attached hydrogens (tertiary/aromatic N) is 3. The Morgan fingerprint density at radius 2 is 1.88 bits per heavy atom. The second kappa shape index (κ2) is 3.90. The van der Waals surface area contributed by atoms with Crippen LogP contribution in [0.3, 0.4) is 0 Å². The van der Waals surface area contributed by atoms with Crippen LogP contribution in [0.1, 0.15) is 5.56 Å². The van der Waals surface area contributed by atoms with Gasteiger partial charge in [-0.1, -0.05) is 12.1 Å². The molecule has 0 saturated heterocycles. The summed E-state index contributed by atoms with van der Waals surface area (Å²) in [6.45, 7) is 0.702. The molecule has 2 heterocycles. The fourth-order valence-electron chi connectivity index (χ4n) is 1.81. The Bertz CT molecular complexity index is 643. The van der Waals surface area contributed by atoms with Gasteiger partial charge < -0.3 is 9.67 Å². The lowest BCUT2D eigenvalue weighted by atomic mass is 10.2. The predicted molar refractivity (Wildman–Crippen MR) is 64.7 cm³/mol. The van der Waals surface area contributed by atoms with E-state index in [0.29, 0.717) is 6.54 Å². The Morgan fingerprint density at radius 3 is 2.71 bits per heavy atom. The van der Waals surface area contributed by atoms with Crippen LogP contribution in [0, 0.1) is 0 Å². The Hall–Kier alpha value is -2.36. The van der Waals surface area contributed by atoms with E-state index in [-0.39, 0.29) is 5.75 Å². The highest BCUT2D eigenvalue weighted by atomic mass is 16.3. The number of hydrogen-bond donors (Lipinski definition) is 1. The zero-order valence-electron chi connectivity index (χ0n) is 9.11. The summed E-state index contributed by atoms with van der Waals surface area (Å²) in [4.78, 5) is 8.59. The summed E-state index contributed by atoms with van der Waals surface area (Å²) in [5.41, 5.74) is 2.87. The lowest BCUT2D eigenvalue weighted by Crippen LogP contribution is -1.98. The van der Waals surface area contributed by atoms with Crippen LogP contribution in [-0.2, 0) is 6.54 Å². The second-order valence-corrected chi connectivity index (χ2v) is 3.89. The number of benzene rings is 1. The lowest BCUT2D eigenvalue weighted by molar-refractivity contribution is 0.475. The molecule has 0 aliphatic carbocycles. The van der Waals surface area contributed by atoms with Crippen LogP contribution in [0.4, 0.5) is 0 Å². The molecule has 2 aromatic heterocycles. The zero-order chi connectivity index (χ0) is 11.7. The molecule has 1 aromatic carbocycles. The van der Waals surface area contributed by atoms with Crippen molar-refractivity contribution in [2.75, 3.05) is 0 Å². The Kier molecular flexibility index (Phi) is 2.26. The van der Waals surface area contributed by atoms with Gasteiger partial charge in [0.1, 0.15) is 11.3 Å². The predicted octanol–water partition coefficient (Wildman–Crippen LogP) is 2.19. The molecule has 0 unspecified atom stereocenters. The average molecular weight is 225 g/mol. The molecule has 1 N–H and O–H groups in total. The van der Waals surface area contributed by atoms with Gasteiger partial charge in [-0.05, 0) is 29.8 Å². The van der Waals surface area contributed by atoms with Crippen molar-refractivity contribution in [1.82, 2.24) is 14.5 Å². The molecule has 3 aromatic rings. The van der Waals surface area contributed by atoms with Crippen molar-refractivity contribution in [3.05, 3.63) is 54.5 Å². The highest BCUT2D eigenvalue weighted by Gasteiger charge is 2.03. The standard InChI is InChI=1S/C13H11N3O/c17-11-5-3-10(4-6-11)8-16-9-15-12-2-1-7-14-13(12)16/h1-7,9,17H,8H2. The van der Waals surface area contributed by atoms with Crippen molar-refractivity contribution < 1.29 is 5.11 Å². The number of fused-ring (bicyclic) bond motifs is 1. The number of phenolic OH excluding ortho intramolecular Hbond substituents is 1. The molecule has 0 atom stereocenters. The number of aromatic hydroxyl groups is 1. The van der Waals surface area contributed by atoms with Gasteiger partial charge in [-0.3, -0.25) is 0 Å². The van der Waals surface area contributed by atoms with E-state index < -0.39 is 0 Å². The van der Waals surface area contributed by atoms with Crippen molar-refractivity contribution in [3.8, 4) is 5.75 Å². The summed E-state index contributed by atoms with van der Waals surface area (Å²) in [7, 11) is 0. The third kappa shape index (κ3) is 1.85. The number of pyridine rings is 1. The first kappa shape index (κ1) is 9.84. The van der Waals surface area contributed by atoms with Gasteiger partial charge in [-0.15, -0.1) is 0 Å². The molecule has 0 saturated carbocycles. The minimum Gasteiger partial charge on any atom is -0.508 e. The zero-order valence-corrected chi connectivity index (χ0v) is 9.11. The molecule has 0 spiro atoms. The van der Waals surface area contributed by atoms with Gasteiger partial charge in [0.15, 0.2) is 5.65 Å². The van der Waals surface area contributed by atoms with E-state index >= 15 is 0 Å². The maximum absolute atomic E-state index is 9.22. The first-order chi connectivity index (χ1) is 8.33. The molecule has 0 radical (unpaired) electrons. The van der Waals surface area contributed by atoms with Gasteiger partial charge in [0.25, 0.3) is 0 Å². The molecule has 0 bridgehead atoms. The largest absolute Gasteiger partial charge is 0.508 e. The van der Waals surface area contributed by atoms with Crippen molar-refractivity contribution in [2.24, 2.45) is 0 Å². The highest BCUT2D eigenvalue weighted by molar-refractivity contribution is 5.70. The monoisotopic (exact) mass is 225 g/mol. The van der Waals surface area contributed by atoms with Crippen LogP contribution in [0.2, 0.25) is 0 Å². The van der Waals surface area contributed by atoms with E-state index in [0.717, 1.165) is 16.7 Å². The molecule has 4 heteroatoms. The maximum atomic E-state index is 9.22. The second-order valence-electron chi connectivity index (χ2n) is 3.89. The summed E-state index contributed by atoms with van der Waals surface area (Å²) >= 11 is 0. The van der Waals surface area contributed by atoms with E-state index in [1.165, 1.54) is 0 Å². The Balaban J connectivity index is 1.97. The van der Waals surface area contributed by atoms with Gasteiger partial charge in [0.05, 0.1) is 12.9 Å². The molecule has 0 amide bonds. The minimum atomic E-state index is 0.280. The molecule has 0 aliphatic heterocycles. The fourth-order valence-corrected chi connectivity index (χ4v) is 1.81. The van der Waals surface area contributed by atoms with E-state index in [2.05, 4.69) is 9.97 Å². The number of hydrogen-bond acceptors (Lipinski definition) is 3. The number of imidazole rings is 1. The number of phenols is 1. The van der Waals surface area contributed by atoms with E-state index in [1.807, 2.05) is 28.8 Å². The summed E-state index contributed by atoms with van der Waals surface area (Å²) in [6, 6.07) is 11.0. The third-order valence-corrected chi connectivity index (χ3v) is 2.66. The summed E-state index contributed by atoms with van der Waals surface area (Å²) in [5.74, 6) is 0.280. The molecule has 3 rings (SSSR count). The summed E-state index contributed by atoms with van der Waals surface area (Å²) in [5, 5.41) is 9.22. The molecule has 84 valence electrons. The highest BCUT2D eigenvalue weighted by Crippen LogP contribution is 2.14. The fraction of sp³-hybridized carbons (Fsp3) is 0.0769. The minimum absolute atomic E-state index is 0.280. The number of aromatic nitrogens is 3. The number of rotatable bonds is 2. The van der Waals surface area contributed by atoms with E-state index in [9.17, 15) is 5.11 Å². The molecule has 0 fully saturated rings. The Labute approximate surface area is 98.2 Å². The summed E-state index contributed by atoms with van der Waals surface area (Å²) < 4.78 is 1.99. The van der Waals surface area contributed by atoms with Crippen LogP contribution in [0.15, 0.2) is 48.9 Å². The lowest BCUT2D eigenvalue weighted by Gasteiger charge is -2.03. The average Bonchev–Trinajstić information content (AvgIpc) is 2.76. The van der Waals surface area contributed by atoms with Gasteiger partial charge in [0, 0.05) is 6.20 Å². The third-order valence-electron chi connectivity index (χ3n) is 2.66. The van der Waals surface area contributed by atoms with Crippen molar-refractivity contribution >= 4 is 11.2 Å². The first-order valence-electron chi connectivity index (χ1n) is 5.37. The van der Waals surface area contributed by atoms with Crippen LogP contribution >= 0.6 is 0 Å². The van der Waals surface area contributed by atoms with Crippen LogP contribution in [0.25, 0.3) is 11.2 Å². The van der Waals surface area contributed by atoms with Crippen LogP contribution < -0.4 is 0 Å².